The van der Waals surface area contributed by atoms with Gasteiger partial charge in [-0.25, -0.2) is 13.8 Å². The molecule has 44 heavy (non-hydrogen) atoms. The first-order chi connectivity index (χ1) is 21.1. The highest BCUT2D eigenvalue weighted by Gasteiger charge is 2.48. The molecule has 1 aliphatic carbocycles. The second kappa shape index (κ2) is 11.4. The topological polar surface area (TPSA) is 111 Å². The molecule has 1 N–H and O–H groups in total. The lowest BCUT2D eigenvalue weighted by Gasteiger charge is -2.39. The Balaban J connectivity index is 1.48. The molecule has 2 atom stereocenters. The maximum atomic E-state index is 14.8. The number of nitriles is 1. The number of aromatic nitrogens is 2. The predicted molar refractivity (Wildman–Crippen MR) is 160 cm³/mol. The fraction of sp³-hybridized carbons (Fsp3) is 0.281. The van der Waals surface area contributed by atoms with E-state index in [1.54, 1.807) is 36.4 Å². The first-order valence-electron chi connectivity index (χ1n) is 14.1. The zero-order valence-corrected chi connectivity index (χ0v) is 24.3. The van der Waals surface area contributed by atoms with Crippen LogP contribution in [0.3, 0.4) is 0 Å². The molecule has 4 aromatic rings. The van der Waals surface area contributed by atoms with Gasteiger partial charge in [-0.1, -0.05) is 29.8 Å². The Labute approximate surface area is 256 Å². The molecular formula is C32H27ClF2N6O3. The van der Waals surface area contributed by atoms with E-state index >= 15 is 0 Å². The summed E-state index contributed by atoms with van der Waals surface area (Å²) in [6.45, 7) is 0. The van der Waals surface area contributed by atoms with Crippen molar-refractivity contribution in [2.45, 2.75) is 49.7 Å². The number of pyridine rings is 1. The summed E-state index contributed by atoms with van der Waals surface area (Å²) in [6, 6.07) is 15.4. The average Bonchev–Trinajstić information content (AvgIpc) is 3.56. The van der Waals surface area contributed by atoms with Crippen LogP contribution in [-0.2, 0) is 21.4 Å². The predicted octanol–water partition coefficient (Wildman–Crippen LogP) is 5.28. The Morgan fingerprint density at radius 1 is 1.16 bits per heavy atom. The normalized spacial score (nSPS) is 18.5. The van der Waals surface area contributed by atoms with Crippen molar-refractivity contribution in [1.29, 1.82) is 5.26 Å². The molecular weight excluding hydrogens is 590 g/mol. The van der Waals surface area contributed by atoms with Gasteiger partial charge in [0.25, 0.3) is 11.8 Å². The van der Waals surface area contributed by atoms with Gasteiger partial charge >= 0.3 is 0 Å². The van der Waals surface area contributed by atoms with Crippen LogP contribution in [0, 0.1) is 11.3 Å². The van der Waals surface area contributed by atoms with Gasteiger partial charge in [0.05, 0.1) is 11.6 Å². The van der Waals surface area contributed by atoms with Gasteiger partial charge in [-0.3, -0.25) is 24.2 Å². The van der Waals surface area contributed by atoms with Crippen molar-refractivity contribution >= 4 is 51.7 Å². The van der Waals surface area contributed by atoms with E-state index in [1.807, 2.05) is 36.0 Å². The summed E-state index contributed by atoms with van der Waals surface area (Å²) in [5, 5.41) is 13.1. The summed E-state index contributed by atoms with van der Waals surface area (Å²) in [7, 11) is 1.88. The van der Waals surface area contributed by atoms with Gasteiger partial charge in [-0.05, 0) is 48.9 Å². The number of alkyl halides is 2. The van der Waals surface area contributed by atoms with Crippen LogP contribution in [0.25, 0.3) is 10.9 Å². The fourth-order valence-electron chi connectivity index (χ4n) is 5.95. The Bertz CT molecular complexity index is 1830. The van der Waals surface area contributed by atoms with E-state index in [2.05, 4.69) is 10.3 Å². The molecule has 2 aromatic heterocycles. The van der Waals surface area contributed by atoms with Crippen LogP contribution in [0.1, 0.15) is 42.9 Å². The maximum Gasteiger partial charge on any atom is 0.252 e. The van der Waals surface area contributed by atoms with Crippen LogP contribution in [0.15, 0.2) is 73.1 Å². The minimum atomic E-state index is -2.87. The summed E-state index contributed by atoms with van der Waals surface area (Å²) in [4.78, 5) is 48.8. The number of nitrogens with zero attached hydrogens (tertiary/aromatic N) is 5. The standard InChI is InChI=1S/C32H27ClF2N6O3/c1-39-13-11-20-15-22(6-7-25(20)39)40(31(44)26-8-9-28(42)41(26)27-14-19(18-36)10-12-37-27)29(23-4-2-3-5-24(23)33)30(43)38-21-16-32(34,35)17-21/h2-7,10-15,21,26,29H,8-9,16-17H2,1H3,(H,38,43)/t26-,29-/m0/s1. The molecule has 0 unspecified atom stereocenters. The van der Waals surface area contributed by atoms with Crippen molar-refractivity contribution in [2.24, 2.45) is 7.05 Å². The summed E-state index contributed by atoms with van der Waals surface area (Å²) in [5.41, 5.74) is 1.79. The van der Waals surface area contributed by atoms with Gasteiger partial charge < -0.3 is 9.88 Å². The average molecular weight is 617 g/mol. The summed E-state index contributed by atoms with van der Waals surface area (Å²) in [5.74, 6) is -4.37. The summed E-state index contributed by atoms with van der Waals surface area (Å²) >= 11 is 6.62. The monoisotopic (exact) mass is 616 g/mol. The number of carbonyl (C=O) groups is 3. The molecule has 1 aliphatic heterocycles. The Morgan fingerprint density at radius 3 is 2.66 bits per heavy atom. The maximum absolute atomic E-state index is 14.8. The molecule has 0 spiro atoms. The Kier molecular flexibility index (Phi) is 7.55. The van der Waals surface area contributed by atoms with E-state index in [-0.39, 0.29) is 35.2 Å². The fourth-order valence-corrected chi connectivity index (χ4v) is 6.18. The van der Waals surface area contributed by atoms with Crippen LogP contribution in [0.5, 0.6) is 0 Å². The third-order valence-corrected chi connectivity index (χ3v) is 8.49. The highest BCUT2D eigenvalue weighted by molar-refractivity contribution is 6.31. The SMILES string of the molecule is Cn1ccc2cc(N(C(=O)[C@@H]3CCC(=O)N3c3cc(C#N)ccn3)[C@H](C(=O)NC3CC(F)(F)C3)c3ccccc3Cl)ccc21. The van der Waals surface area contributed by atoms with Crippen LogP contribution < -0.4 is 15.1 Å². The van der Waals surface area contributed by atoms with Crippen LogP contribution >= 0.6 is 11.6 Å². The second-order valence-electron chi connectivity index (χ2n) is 11.1. The van der Waals surface area contributed by atoms with Crippen molar-refractivity contribution in [3.8, 4) is 6.07 Å². The summed E-state index contributed by atoms with van der Waals surface area (Å²) in [6.07, 6.45) is 2.40. The highest BCUT2D eigenvalue weighted by Crippen LogP contribution is 2.40. The number of benzene rings is 2. The van der Waals surface area contributed by atoms with Gasteiger partial charge in [0.15, 0.2) is 0 Å². The van der Waals surface area contributed by atoms with Gasteiger partial charge in [0.2, 0.25) is 11.8 Å². The molecule has 224 valence electrons. The quantitative estimate of drug-likeness (QED) is 0.304. The van der Waals surface area contributed by atoms with E-state index in [1.165, 1.54) is 28.1 Å². The minimum absolute atomic E-state index is 0.0422. The van der Waals surface area contributed by atoms with E-state index in [0.29, 0.717) is 11.3 Å². The van der Waals surface area contributed by atoms with Crippen molar-refractivity contribution < 1.29 is 23.2 Å². The third-order valence-electron chi connectivity index (χ3n) is 8.15. The molecule has 12 heteroatoms. The third kappa shape index (κ3) is 5.37. The van der Waals surface area contributed by atoms with Gasteiger partial charge in [0, 0.05) is 71.9 Å². The van der Waals surface area contributed by atoms with Gasteiger partial charge in [-0.15, -0.1) is 0 Å². The lowest BCUT2D eigenvalue weighted by atomic mass is 9.87. The molecule has 3 heterocycles. The van der Waals surface area contributed by atoms with Gasteiger partial charge in [0.1, 0.15) is 17.9 Å². The smallest absolute Gasteiger partial charge is 0.252 e. The molecule has 1 saturated carbocycles. The van der Waals surface area contributed by atoms with E-state index in [0.717, 1.165) is 10.9 Å². The molecule has 2 aromatic carbocycles. The number of fused-ring (bicyclic) bond motifs is 1. The molecule has 0 bridgehead atoms. The Morgan fingerprint density at radius 2 is 1.93 bits per heavy atom. The first-order valence-corrected chi connectivity index (χ1v) is 14.4. The van der Waals surface area contributed by atoms with E-state index < -0.39 is 48.7 Å². The molecule has 0 radical (unpaired) electrons. The number of anilines is 2. The zero-order chi connectivity index (χ0) is 31.2. The lowest BCUT2D eigenvalue weighted by Crippen LogP contribution is -2.56. The highest BCUT2D eigenvalue weighted by atomic mass is 35.5. The van der Waals surface area contributed by atoms with E-state index in [4.69, 9.17) is 11.6 Å². The number of hydrogen-bond acceptors (Lipinski definition) is 5. The molecule has 3 amide bonds. The van der Waals surface area contributed by atoms with Crippen molar-refractivity contribution in [3.05, 3.63) is 89.2 Å². The van der Waals surface area contributed by atoms with Crippen molar-refractivity contribution in [1.82, 2.24) is 14.9 Å². The molecule has 2 aliphatic rings. The van der Waals surface area contributed by atoms with Crippen LogP contribution in [0.2, 0.25) is 5.02 Å². The van der Waals surface area contributed by atoms with E-state index in [9.17, 15) is 28.4 Å². The number of amides is 3. The van der Waals surface area contributed by atoms with Crippen LogP contribution in [0.4, 0.5) is 20.3 Å². The van der Waals surface area contributed by atoms with Crippen LogP contribution in [-0.4, -0.2) is 45.3 Å². The largest absolute Gasteiger partial charge is 0.351 e. The zero-order valence-electron chi connectivity index (χ0n) is 23.6. The number of halogens is 3. The number of carbonyl (C=O) groups excluding carboxylic acids is 3. The molecule has 2 fully saturated rings. The number of rotatable bonds is 7. The molecule has 1 saturated heterocycles. The number of aryl methyl sites for hydroxylation is 1. The number of hydrogen-bond donors (Lipinski definition) is 1. The molecule has 6 rings (SSSR count). The van der Waals surface area contributed by atoms with Crippen molar-refractivity contribution in [3.63, 3.8) is 0 Å². The molecule has 9 nitrogen and oxygen atoms in total. The second-order valence-corrected chi connectivity index (χ2v) is 11.5. The first kappa shape index (κ1) is 29.3. The minimum Gasteiger partial charge on any atom is -0.351 e. The van der Waals surface area contributed by atoms with Crippen molar-refractivity contribution in [2.75, 3.05) is 9.80 Å². The lowest BCUT2D eigenvalue weighted by molar-refractivity contribution is -0.133. The Hall–Kier alpha value is -4.82. The number of nitrogens with one attached hydrogen (secondary N) is 1. The van der Waals surface area contributed by atoms with Gasteiger partial charge in [-0.2, -0.15) is 5.26 Å². The summed E-state index contributed by atoms with van der Waals surface area (Å²) < 4.78 is 29.4.